The maximum absolute atomic E-state index is 14.4. The number of carbonyl (C=O) groups is 11. The number of aliphatic hydroxyl groups excluding tert-OH is 1. The number of unbranched alkanes of at least 4 members (excludes halogenated alkanes) is 1. The second-order valence-electron chi connectivity index (χ2n) is 22.9. The number of fused-ring (bicyclic) bond motifs is 3. The number of aryl methyl sites for hydroxylation is 1. The van der Waals surface area contributed by atoms with Crippen LogP contribution >= 0.6 is 11.8 Å². The van der Waals surface area contributed by atoms with Crippen LogP contribution in [-0.2, 0) is 81.5 Å². The highest BCUT2D eigenvalue weighted by molar-refractivity contribution is 8.00. The summed E-state index contributed by atoms with van der Waals surface area (Å²) in [5, 5.41) is 65.8. The van der Waals surface area contributed by atoms with E-state index < -0.39 is 115 Å². The van der Waals surface area contributed by atoms with E-state index in [1.165, 1.54) is 35.1 Å². The minimum Gasteiger partial charge on any atom is -0.508 e. The summed E-state index contributed by atoms with van der Waals surface area (Å²) in [5.74, 6) is -8.64. The van der Waals surface area contributed by atoms with Gasteiger partial charge in [0.25, 0.3) is 0 Å². The van der Waals surface area contributed by atoms with Gasteiger partial charge in [-0.15, -0.1) is 5.10 Å². The van der Waals surface area contributed by atoms with Gasteiger partial charge in [0.1, 0.15) is 54.6 Å². The van der Waals surface area contributed by atoms with Crippen molar-refractivity contribution in [2.75, 3.05) is 65.1 Å². The van der Waals surface area contributed by atoms with Crippen molar-refractivity contribution in [3.63, 3.8) is 0 Å². The minimum absolute atomic E-state index is 0.0183. The Hall–Kier alpha value is -8.41. The standard InChI is InChI=1S/C57H90N18O16S/c1-32(2)24-38-51(83)65-36(49(59)81)8-5-6-18-75-28-34(73-74-75)26-40(64-47(80)30-91-23-22-90-21-20-89-19-17-62-46(79)11-4-3-10-44-48-43(31-92-44)71-57(88)72-48)53(85)66-37(9-7-16-63-56(60)61)50(82)70-42(29-76)55(87)68-39(25-33-12-14-35(77)15-13-33)52(84)69-41(27-45(58)78)54(86)67-38/h12-15,28,32,36-44,48,76-77H,3-11,16-27,29-31H2,1-2H3,(H2,58,78)(H2,59,81)(H,62,79)(H,64,80)(H,65,83)(H,66,85)(H,67,86)(H,68,87)(H,69,84)(H,70,82)(H4,60,61,63)(H2,71,72,88)/t36-,37-,38-,39-,40-,41-,42-,43-,44-,48?/m0/s1. The van der Waals surface area contributed by atoms with Crippen molar-refractivity contribution in [1.29, 1.82) is 5.41 Å². The van der Waals surface area contributed by atoms with Gasteiger partial charge in [-0.05, 0) is 75.0 Å². The first-order chi connectivity index (χ1) is 44.0. The molecule has 2 bridgehead atoms. The number of nitrogens with two attached hydrogens (primary N) is 3. The van der Waals surface area contributed by atoms with E-state index in [0.717, 1.165) is 25.0 Å². The smallest absolute Gasteiger partial charge is 0.315 e. The van der Waals surface area contributed by atoms with Crippen LogP contribution in [0.25, 0.3) is 0 Å². The van der Waals surface area contributed by atoms with Crippen LogP contribution in [0.1, 0.15) is 95.7 Å². The Balaban J connectivity index is 1.26. The van der Waals surface area contributed by atoms with Crippen LogP contribution < -0.4 is 75.7 Å². The van der Waals surface area contributed by atoms with Crippen LogP contribution in [-0.4, -0.2) is 221 Å². The summed E-state index contributed by atoms with van der Waals surface area (Å²) < 4.78 is 18.1. The molecule has 0 radical (unpaired) electrons. The van der Waals surface area contributed by atoms with Gasteiger partial charge < -0.3 is 100 Å². The summed E-state index contributed by atoms with van der Waals surface area (Å²) in [6.07, 6.45) is 3.61. The summed E-state index contributed by atoms with van der Waals surface area (Å²) in [6.45, 7) is 3.13. The Morgan fingerprint density at radius 2 is 1.36 bits per heavy atom. The highest BCUT2D eigenvalue weighted by atomic mass is 32.2. The number of hydrogen-bond acceptors (Lipinski definition) is 20. The molecule has 35 heteroatoms. The van der Waals surface area contributed by atoms with E-state index in [2.05, 4.69) is 68.8 Å². The van der Waals surface area contributed by atoms with E-state index in [9.17, 15) is 63.0 Å². The third-order valence-corrected chi connectivity index (χ3v) is 16.4. The van der Waals surface area contributed by atoms with Crippen molar-refractivity contribution in [2.24, 2.45) is 23.1 Å². The number of urea groups is 1. The minimum atomic E-state index is -1.82. The highest BCUT2D eigenvalue weighted by Crippen LogP contribution is 2.33. The number of nitrogens with one attached hydrogen (secondary N) is 12. The number of hydrogen-bond donors (Lipinski definition) is 17. The molecule has 1 unspecified atom stereocenters. The van der Waals surface area contributed by atoms with Gasteiger partial charge in [0.2, 0.25) is 59.1 Å². The molecule has 0 saturated carbocycles. The number of nitrogens with zero attached hydrogens (tertiary/aromatic N) is 3. The van der Waals surface area contributed by atoms with Crippen molar-refractivity contribution >= 4 is 82.8 Å². The van der Waals surface area contributed by atoms with Gasteiger partial charge in [0, 0.05) is 56.1 Å². The molecule has 1 aromatic carbocycles. The van der Waals surface area contributed by atoms with Crippen LogP contribution in [0.15, 0.2) is 30.5 Å². The fraction of sp³-hybridized carbons (Fsp3) is 0.649. The lowest BCUT2D eigenvalue weighted by Gasteiger charge is -2.27. The van der Waals surface area contributed by atoms with Crippen LogP contribution in [0.4, 0.5) is 4.79 Å². The van der Waals surface area contributed by atoms with Crippen LogP contribution in [0, 0.1) is 11.3 Å². The van der Waals surface area contributed by atoms with Crippen LogP contribution in [0.2, 0.25) is 0 Å². The van der Waals surface area contributed by atoms with Gasteiger partial charge in [0.05, 0.1) is 63.8 Å². The summed E-state index contributed by atoms with van der Waals surface area (Å²) in [4.78, 5) is 147. The number of benzene rings is 1. The molecule has 10 atom stereocenters. The van der Waals surface area contributed by atoms with Gasteiger partial charge in [-0.1, -0.05) is 37.6 Å². The van der Waals surface area contributed by atoms with Crippen molar-refractivity contribution in [3.8, 4) is 5.75 Å². The maximum Gasteiger partial charge on any atom is 0.315 e. The molecule has 3 aliphatic heterocycles. The molecular formula is C57H90N18O16S. The number of phenols is 1. The van der Waals surface area contributed by atoms with Gasteiger partial charge in [-0.3, -0.25) is 58.0 Å². The summed E-state index contributed by atoms with van der Waals surface area (Å²) >= 11 is 1.84. The molecular weight excluding hydrogens is 1220 g/mol. The number of aliphatic hydroxyl groups is 1. The monoisotopic (exact) mass is 1310 g/mol. The van der Waals surface area contributed by atoms with Gasteiger partial charge >= 0.3 is 6.03 Å². The van der Waals surface area contributed by atoms with Crippen molar-refractivity contribution in [1.82, 2.24) is 73.5 Å². The van der Waals surface area contributed by atoms with Gasteiger partial charge in [-0.2, -0.15) is 11.8 Å². The maximum atomic E-state index is 14.4. The normalized spacial score (nSPS) is 23.8. The van der Waals surface area contributed by atoms with Gasteiger partial charge in [0.15, 0.2) is 5.96 Å². The average Bonchev–Trinajstić information content (AvgIpc) is 1.67. The molecule has 2 aromatic rings. The number of phenolic OH excluding ortho intramolecular Hbond substituents is 1. The molecule has 34 nitrogen and oxygen atoms in total. The predicted octanol–water partition coefficient (Wildman–Crippen LogP) is -5.10. The quantitative estimate of drug-likeness (QED) is 0.0157. The first-order valence-electron chi connectivity index (χ1n) is 30.7. The van der Waals surface area contributed by atoms with Crippen molar-refractivity contribution < 1.29 is 77.2 Å². The second-order valence-corrected chi connectivity index (χ2v) is 24.2. The first-order valence-corrected chi connectivity index (χ1v) is 31.8. The Morgan fingerprint density at radius 1 is 0.717 bits per heavy atom. The molecule has 0 spiro atoms. The summed E-state index contributed by atoms with van der Waals surface area (Å²) in [7, 11) is 0. The lowest BCUT2D eigenvalue weighted by Crippen LogP contribution is -2.61. The molecule has 1 aromatic heterocycles. The number of carbonyl (C=O) groups excluding carboxylic acids is 11. The van der Waals surface area contributed by atoms with E-state index >= 15 is 0 Å². The van der Waals surface area contributed by atoms with E-state index in [1.54, 1.807) is 13.8 Å². The number of thioether (sulfide) groups is 1. The fourth-order valence-corrected chi connectivity index (χ4v) is 11.7. The second kappa shape index (κ2) is 39.1. The lowest BCUT2D eigenvalue weighted by molar-refractivity contribution is -0.137. The largest absolute Gasteiger partial charge is 0.508 e. The molecule has 4 heterocycles. The number of primary amides is 2. The average molecular weight is 1320 g/mol. The third-order valence-electron chi connectivity index (χ3n) is 14.9. The summed E-state index contributed by atoms with van der Waals surface area (Å²) in [6, 6.07) is -5.10. The fourth-order valence-electron chi connectivity index (χ4n) is 10.1. The number of amides is 12. The van der Waals surface area contributed by atoms with Crippen molar-refractivity contribution in [3.05, 3.63) is 41.7 Å². The molecule has 3 aliphatic rings. The van der Waals surface area contributed by atoms with E-state index in [4.69, 9.17) is 36.8 Å². The Labute approximate surface area is 536 Å². The van der Waals surface area contributed by atoms with E-state index in [-0.39, 0.29) is 132 Å². The molecule has 92 heavy (non-hydrogen) atoms. The van der Waals surface area contributed by atoms with Gasteiger partial charge in [-0.25, -0.2) is 4.79 Å². The number of aromatic hydroxyl groups is 1. The van der Waals surface area contributed by atoms with E-state index in [0.29, 0.717) is 36.6 Å². The molecule has 510 valence electrons. The Morgan fingerprint density at radius 3 is 2.05 bits per heavy atom. The Bertz CT molecular complexity index is 2820. The van der Waals surface area contributed by atoms with Crippen LogP contribution in [0.5, 0.6) is 5.75 Å². The van der Waals surface area contributed by atoms with E-state index in [1.807, 2.05) is 11.8 Å². The lowest BCUT2D eigenvalue weighted by atomic mass is 10.0. The molecule has 5 rings (SSSR count). The third kappa shape index (κ3) is 26.8. The van der Waals surface area contributed by atoms with Crippen LogP contribution in [0.3, 0.4) is 0 Å². The molecule has 12 amide bonds. The Kier molecular flexibility index (Phi) is 31.6. The first kappa shape index (κ1) is 74.3. The zero-order chi connectivity index (χ0) is 67.1. The zero-order valence-electron chi connectivity index (χ0n) is 51.8. The summed E-state index contributed by atoms with van der Waals surface area (Å²) in [5.41, 5.74) is 17.3. The highest BCUT2D eigenvalue weighted by Gasteiger charge is 2.43. The number of rotatable bonds is 29. The zero-order valence-corrected chi connectivity index (χ0v) is 52.6. The number of aromatic nitrogens is 3. The molecule has 0 aliphatic carbocycles. The molecule has 20 N–H and O–H groups in total. The SMILES string of the molecule is CC(C)C[C@@H]1NC(=O)[C@H](CC(N)=O)NC(=O)[C@H](Cc2ccc(O)cc2)NC(=O)[C@H](CO)NC(=O)[C@H](CCCNC(=N)N)NC(=O)[C@@H](NC(=O)COCCOCCOCCNC(=O)CCCC[C@@H]2SC[C@@H]3NC(=O)NC32)Cc2cn(nn2)CCCC[C@@H](C(N)=O)NC1=O. The molecule has 2 saturated heterocycles. The number of guanidine groups is 1. The topological polar surface area (TPSA) is 521 Å². The predicted molar refractivity (Wildman–Crippen MR) is 331 cm³/mol. The molecule has 2 fully saturated rings. The van der Waals surface area contributed by atoms with Crippen molar-refractivity contribution in [2.45, 2.75) is 163 Å². The number of ether oxygens (including phenoxy) is 3.